The van der Waals surface area contributed by atoms with E-state index in [1.54, 1.807) is 22.9 Å². The van der Waals surface area contributed by atoms with Gasteiger partial charge < -0.3 is 14.6 Å². The zero-order chi connectivity index (χ0) is 25.7. The molecule has 1 unspecified atom stereocenters. The van der Waals surface area contributed by atoms with E-state index in [0.29, 0.717) is 53.7 Å². The van der Waals surface area contributed by atoms with Gasteiger partial charge in [0.25, 0.3) is 0 Å². The minimum atomic E-state index is -4.34. The van der Waals surface area contributed by atoms with Crippen LogP contribution in [-0.4, -0.2) is 27.1 Å². The van der Waals surface area contributed by atoms with Crippen molar-refractivity contribution in [2.45, 2.75) is 62.4 Å². The second kappa shape index (κ2) is 7.48. The van der Waals surface area contributed by atoms with Crippen LogP contribution in [0.4, 0.5) is 17.6 Å². The molecular weight excluding hydrogens is 486 g/mol. The molecule has 5 saturated carbocycles. The molecule has 5 atom stereocenters. The summed E-state index contributed by atoms with van der Waals surface area (Å²) in [7, 11) is 0. The predicted molar refractivity (Wildman–Crippen MR) is 127 cm³/mol. The zero-order valence-electron chi connectivity index (χ0n) is 20.3. The molecule has 0 spiro atoms. The lowest BCUT2D eigenvalue weighted by molar-refractivity contribution is -0.159. The summed E-state index contributed by atoms with van der Waals surface area (Å²) in [6, 6.07) is 7.37. The number of amides is 1. The number of carbonyl (C=O) groups is 1. The molecule has 3 aromatic rings. The first kappa shape index (κ1) is 23.0. The van der Waals surface area contributed by atoms with Crippen molar-refractivity contribution in [3.63, 3.8) is 0 Å². The van der Waals surface area contributed by atoms with Crippen molar-refractivity contribution in [1.82, 2.24) is 14.9 Å². The van der Waals surface area contributed by atoms with Crippen LogP contribution in [0.5, 0.6) is 5.75 Å². The van der Waals surface area contributed by atoms with E-state index >= 15 is 0 Å². The van der Waals surface area contributed by atoms with E-state index in [2.05, 4.69) is 10.3 Å². The highest BCUT2D eigenvalue weighted by atomic mass is 19.4. The number of hydrogen-bond donors (Lipinski definition) is 1. The van der Waals surface area contributed by atoms with Gasteiger partial charge in [-0.3, -0.25) is 9.78 Å². The third-order valence-electron chi connectivity index (χ3n) is 9.37. The van der Waals surface area contributed by atoms with Crippen LogP contribution in [0.15, 0.2) is 48.9 Å². The van der Waals surface area contributed by atoms with Crippen molar-refractivity contribution in [1.29, 1.82) is 0 Å². The second-order valence-electron chi connectivity index (χ2n) is 11.7. The lowest BCUT2D eigenvalue weighted by atomic mass is 9.44. The molecule has 9 heteroatoms. The monoisotopic (exact) mass is 513 g/mol. The molecule has 194 valence electrons. The van der Waals surface area contributed by atoms with Gasteiger partial charge in [-0.05, 0) is 80.2 Å². The van der Waals surface area contributed by atoms with Crippen molar-refractivity contribution in [3.05, 3.63) is 60.3 Å². The number of pyridine rings is 1. The molecule has 37 heavy (non-hydrogen) atoms. The normalized spacial score (nSPS) is 34.3. The molecule has 0 radical (unpaired) electrons. The smallest absolute Gasteiger partial charge is 0.417 e. The molecule has 0 aliphatic heterocycles. The molecular formula is C28H27F4N3O2. The topological polar surface area (TPSA) is 56.2 Å². The Morgan fingerprint density at radius 1 is 1.16 bits per heavy atom. The number of fused-ring (bicyclic) bond motifs is 2. The number of hydrogen-bond acceptors (Lipinski definition) is 3. The van der Waals surface area contributed by atoms with Crippen molar-refractivity contribution in [2.75, 3.05) is 0 Å². The molecule has 5 aliphatic carbocycles. The van der Waals surface area contributed by atoms with Gasteiger partial charge in [0, 0.05) is 35.4 Å². The van der Waals surface area contributed by atoms with E-state index in [1.165, 1.54) is 24.5 Å². The van der Waals surface area contributed by atoms with Gasteiger partial charge in [0.05, 0.1) is 22.7 Å². The van der Waals surface area contributed by atoms with E-state index in [4.69, 9.17) is 4.74 Å². The van der Waals surface area contributed by atoms with Gasteiger partial charge >= 0.3 is 6.18 Å². The van der Waals surface area contributed by atoms with Gasteiger partial charge in [-0.15, -0.1) is 0 Å². The average molecular weight is 514 g/mol. The van der Waals surface area contributed by atoms with Crippen LogP contribution < -0.4 is 10.1 Å². The molecule has 1 amide bonds. The van der Waals surface area contributed by atoms with Crippen LogP contribution in [-0.2, 0) is 16.5 Å². The Morgan fingerprint density at radius 3 is 2.57 bits per heavy atom. The molecule has 0 saturated heterocycles. The predicted octanol–water partition coefficient (Wildman–Crippen LogP) is 5.68. The van der Waals surface area contributed by atoms with E-state index < -0.39 is 11.7 Å². The number of rotatable bonds is 6. The number of aromatic nitrogens is 2. The summed E-state index contributed by atoms with van der Waals surface area (Å²) in [6.45, 7) is 1.98. The molecule has 2 bridgehead atoms. The summed E-state index contributed by atoms with van der Waals surface area (Å²) in [5, 5.41) is 3.89. The van der Waals surface area contributed by atoms with E-state index in [1.807, 2.05) is 6.92 Å². The highest BCUT2D eigenvalue weighted by Crippen LogP contribution is 2.66. The van der Waals surface area contributed by atoms with Crippen molar-refractivity contribution in [3.8, 4) is 5.75 Å². The number of alkyl halides is 3. The fourth-order valence-corrected chi connectivity index (χ4v) is 7.61. The minimum Gasteiger partial charge on any atom is -0.490 e. The van der Waals surface area contributed by atoms with Crippen LogP contribution in [0.3, 0.4) is 0 Å². The molecule has 5 aliphatic rings. The first-order chi connectivity index (χ1) is 17.6. The molecule has 5 nitrogen and oxygen atoms in total. The third kappa shape index (κ3) is 3.56. The largest absolute Gasteiger partial charge is 0.490 e. The Labute approximate surface area is 211 Å². The summed E-state index contributed by atoms with van der Waals surface area (Å²) in [5.41, 5.74) is -0.504. The number of benzene rings is 1. The second-order valence-corrected chi connectivity index (χ2v) is 11.7. The fraction of sp³-hybridized carbons (Fsp3) is 0.500. The average Bonchev–Trinajstić information content (AvgIpc) is 3.15. The van der Waals surface area contributed by atoms with Crippen molar-refractivity contribution in [2.24, 2.45) is 23.7 Å². The number of halogens is 4. The quantitative estimate of drug-likeness (QED) is 0.432. The van der Waals surface area contributed by atoms with Crippen LogP contribution in [0, 0.1) is 29.5 Å². The summed E-state index contributed by atoms with van der Waals surface area (Å²) in [5.74, 6) is 1.46. The lowest BCUT2D eigenvalue weighted by Gasteiger charge is -2.71. The van der Waals surface area contributed by atoms with Crippen molar-refractivity contribution < 1.29 is 27.1 Å². The zero-order valence-corrected chi connectivity index (χ0v) is 20.3. The number of carbonyl (C=O) groups excluding carboxylic acids is 1. The highest BCUT2D eigenvalue weighted by molar-refractivity contribution is 5.84. The maximum absolute atomic E-state index is 13.8. The lowest BCUT2D eigenvalue weighted by Crippen LogP contribution is -2.78. The van der Waals surface area contributed by atoms with E-state index in [0.717, 1.165) is 18.9 Å². The Kier molecular flexibility index (Phi) is 4.66. The van der Waals surface area contributed by atoms with E-state index in [-0.39, 0.29) is 34.8 Å². The Bertz CT molecular complexity index is 1380. The first-order valence-corrected chi connectivity index (χ1v) is 12.8. The minimum absolute atomic E-state index is 0.0380. The van der Waals surface area contributed by atoms with Gasteiger partial charge in [-0.2, -0.15) is 13.2 Å². The van der Waals surface area contributed by atoms with Gasteiger partial charge in [0.2, 0.25) is 5.91 Å². The number of ether oxygens (including phenoxy) is 1. The SMILES string of the molecule is CC(C(=O)NC12CC(n3ccc(C(F)(F)F)c3)(C1)C2)[C@H]1[C@@H]2C[C@@H](Oc3ccnc4ccc(F)cc34)C[C@@H]21. The van der Waals surface area contributed by atoms with Crippen LogP contribution in [0.25, 0.3) is 10.9 Å². The van der Waals surface area contributed by atoms with Crippen LogP contribution in [0.1, 0.15) is 44.6 Å². The van der Waals surface area contributed by atoms with Crippen LogP contribution in [0.2, 0.25) is 0 Å². The molecule has 8 rings (SSSR count). The maximum Gasteiger partial charge on any atom is 0.417 e. The molecule has 2 aromatic heterocycles. The molecule has 1 N–H and O–H groups in total. The van der Waals surface area contributed by atoms with Gasteiger partial charge in [-0.25, -0.2) is 4.39 Å². The fourth-order valence-electron chi connectivity index (χ4n) is 7.61. The van der Waals surface area contributed by atoms with Crippen LogP contribution >= 0.6 is 0 Å². The summed E-state index contributed by atoms with van der Waals surface area (Å²) >= 11 is 0. The number of nitrogens with zero attached hydrogens (tertiary/aromatic N) is 2. The number of nitrogens with one attached hydrogen (secondary N) is 1. The molecule has 2 heterocycles. The molecule has 5 fully saturated rings. The summed E-state index contributed by atoms with van der Waals surface area (Å²) in [4.78, 5) is 17.4. The third-order valence-corrected chi connectivity index (χ3v) is 9.37. The van der Waals surface area contributed by atoms with Gasteiger partial charge in [-0.1, -0.05) is 6.92 Å². The molecule has 1 aromatic carbocycles. The highest BCUT2D eigenvalue weighted by Gasteiger charge is 2.70. The Hall–Kier alpha value is -3.10. The first-order valence-electron chi connectivity index (χ1n) is 12.8. The Morgan fingerprint density at radius 2 is 1.89 bits per heavy atom. The summed E-state index contributed by atoms with van der Waals surface area (Å²) in [6.07, 6.45) is 3.83. The standard InChI is InChI=1S/C28H27F4N3O2/c1-15(25(36)34-26-12-27(13-26,14-26)35-7-5-16(11-35)28(30,31)32)24-19-9-18(10-20(19)24)37-23-4-6-33-22-3-2-17(29)8-21(22)23/h2-8,11,15,18-20,24H,9-10,12-14H2,1H3,(H,34,36)/t15?,18-,19-,20+,24+,26?,27?. The maximum atomic E-state index is 13.8. The van der Waals surface area contributed by atoms with Crippen molar-refractivity contribution >= 4 is 16.8 Å². The van der Waals surface area contributed by atoms with Gasteiger partial charge in [0.15, 0.2) is 0 Å². The Balaban J connectivity index is 0.927. The van der Waals surface area contributed by atoms with Gasteiger partial charge in [0.1, 0.15) is 11.6 Å². The summed E-state index contributed by atoms with van der Waals surface area (Å²) < 4.78 is 60.5. The van der Waals surface area contributed by atoms with E-state index in [9.17, 15) is 22.4 Å².